The third kappa shape index (κ3) is 3.05. The van der Waals surface area contributed by atoms with Gasteiger partial charge in [-0.15, -0.1) is 0 Å². The summed E-state index contributed by atoms with van der Waals surface area (Å²) in [6.07, 6.45) is -0.562. The van der Waals surface area contributed by atoms with Gasteiger partial charge in [0.2, 0.25) is 17.7 Å². The van der Waals surface area contributed by atoms with Crippen molar-refractivity contribution in [3.8, 4) is 6.07 Å². The van der Waals surface area contributed by atoms with E-state index >= 15 is 0 Å². The van der Waals surface area contributed by atoms with Gasteiger partial charge in [0.15, 0.2) is 5.41 Å². The van der Waals surface area contributed by atoms with Crippen LogP contribution in [-0.4, -0.2) is 44.5 Å². The minimum atomic E-state index is -2.10. The van der Waals surface area contributed by atoms with Gasteiger partial charge < -0.3 is 30.6 Å². The maximum atomic E-state index is 13.8. The molecule has 1 spiro atoms. The van der Waals surface area contributed by atoms with Gasteiger partial charge in [-0.25, -0.2) is 4.79 Å². The number of benzene rings is 1. The molecule has 1 aromatic carbocycles. The van der Waals surface area contributed by atoms with Gasteiger partial charge >= 0.3 is 11.9 Å². The monoisotopic (exact) mass is 426 g/mol. The number of carbonyl (C=O) groups excluding carboxylic acids is 4. The van der Waals surface area contributed by atoms with E-state index in [2.05, 4.69) is 4.74 Å². The number of hydrogen-bond donors (Lipinski definition) is 2. The number of para-hydroxylation sites is 1. The molecule has 1 aromatic rings. The van der Waals surface area contributed by atoms with Crippen LogP contribution in [0.25, 0.3) is 0 Å². The second kappa shape index (κ2) is 7.83. The van der Waals surface area contributed by atoms with Crippen molar-refractivity contribution < 1.29 is 33.4 Å². The fourth-order valence-electron chi connectivity index (χ4n) is 3.84. The van der Waals surface area contributed by atoms with Gasteiger partial charge in [0, 0.05) is 11.3 Å². The highest BCUT2D eigenvalue weighted by Gasteiger charge is 2.62. The molecule has 2 heterocycles. The molecule has 2 amide bonds. The first-order valence-electron chi connectivity index (χ1n) is 8.90. The number of ether oxygens (including phenoxy) is 3. The van der Waals surface area contributed by atoms with Crippen LogP contribution in [0, 0.1) is 11.3 Å². The Morgan fingerprint density at radius 2 is 1.90 bits per heavy atom. The second-order valence-corrected chi connectivity index (χ2v) is 6.62. The minimum Gasteiger partial charge on any atom is -0.469 e. The number of fused-ring (bicyclic) bond motifs is 2. The van der Waals surface area contributed by atoms with E-state index in [-0.39, 0.29) is 22.6 Å². The van der Waals surface area contributed by atoms with E-state index in [0.29, 0.717) is 0 Å². The van der Waals surface area contributed by atoms with Crippen molar-refractivity contribution in [2.24, 2.45) is 11.5 Å². The molecule has 0 aliphatic carbocycles. The predicted molar refractivity (Wildman–Crippen MR) is 103 cm³/mol. The highest BCUT2D eigenvalue weighted by atomic mass is 16.5. The molecule has 11 nitrogen and oxygen atoms in total. The Morgan fingerprint density at radius 3 is 2.48 bits per heavy atom. The Morgan fingerprint density at radius 1 is 1.23 bits per heavy atom. The van der Waals surface area contributed by atoms with Crippen molar-refractivity contribution in [1.29, 1.82) is 5.26 Å². The van der Waals surface area contributed by atoms with Crippen LogP contribution in [0.4, 0.5) is 5.69 Å². The predicted octanol–water partition coefficient (Wildman–Crippen LogP) is -0.529. The van der Waals surface area contributed by atoms with E-state index in [1.54, 1.807) is 12.1 Å². The average Bonchev–Trinajstić information content (AvgIpc) is 2.97. The van der Waals surface area contributed by atoms with Gasteiger partial charge in [0.25, 0.3) is 0 Å². The number of amides is 2. The topological polar surface area (TPSA) is 175 Å². The van der Waals surface area contributed by atoms with Crippen LogP contribution in [0.15, 0.2) is 47.1 Å². The van der Waals surface area contributed by atoms with Crippen molar-refractivity contribution >= 4 is 29.4 Å². The summed E-state index contributed by atoms with van der Waals surface area (Å²) >= 11 is 0. The van der Waals surface area contributed by atoms with Crippen LogP contribution in [-0.2, 0) is 38.8 Å². The molecule has 1 atom stereocenters. The van der Waals surface area contributed by atoms with Crippen molar-refractivity contribution in [1.82, 2.24) is 0 Å². The molecule has 3 rings (SSSR count). The largest absolute Gasteiger partial charge is 0.469 e. The molecule has 0 bridgehead atoms. The van der Waals surface area contributed by atoms with Gasteiger partial charge in [0.05, 0.1) is 14.2 Å². The lowest BCUT2D eigenvalue weighted by molar-refractivity contribution is -0.141. The van der Waals surface area contributed by atoms with Crippen molar-refractivity contribution in [2.75, 3.05) is 25.7 Å². The molecule has 2 aliphatic rings. The third-order valence-corrected chi connectivity index (χ3v) is 5.02. The van der Waals surface area contributed by atoms with Crippen LogP contribution in [0.5, 0.6) is 0 Å². The Balaban J connectivity index is 2.44. The molecule has 2 aliphatic heterocycles. The molecule has 11 heteroatoms. The molecule has 160 valence electrons. The fraction of sp³-hybridized carbons (Fsp3) is 0.250. The number of nitrogens with zero attached hydrogens (tertiary/aromatic N) is 2. The molecule has 0 saturated heterocycles. The molecule has 0 aromatic heterocycles. The Labute approximate surface area is 176 Å². The van der Waals surface area contributed by atoms with Crippen LogP contribution >= 0.6 is 0 Å². The first-order valence-corrected chi connectivity index (χ1v) is 8.90. The number of rotatable bonds is 5. The van der Waals surface area contributed by atoms with Gasteiger partial charge in [-0.05, 0) is 6.07 Å². The van der Waals surface area contributed by atoms with Crippen LogP contribution in [0.3, 0.4) is 0 Å². The number of anilines is 1. The summed E-state index contributed by atoms with van der Waals surface area (Å²) in [5, 5.41) is 9.89. The van der Waals surface area contributed by atoms with Gasteiger partial charge in [0.1, 0.15) is 35.9 Å². The summed E-state index contributed by atoms with van der Waals surface area (Å²) in [6.45, 7) is -0.516. The maximum absolute atomic E-state index is 13.8. The highest BCUT2D eigenvalue weighted by Crippen LogP contribution is 2.54. The average molecular weight is 426 g/mol. The van der Waals surface area contributed by atoms with Gasteiger partial charge in [-0.3, -0.25) is 14.4 Å². The summed E-state index contributed by atoms with van der Waals surface area (Å²) in [6, 6.07) is 8.05. The lowest BCUT2D eigenvalue weighted by Gasteiger charge is -2.35. The molecule has 0 saturated carbocycles. The van der Waals surface area contributed by atoms with E-state index in [0.717, 1.165) is 19.1 Å². The molecule has 0 radical (unpaired) electrons. The van der Waals surface area contributed by atoms with E-state index in [9.17, 15) is 24.4 Å². The number of carbonyl (C=O) groups is 4. The minimum absolute atomic E-state index is 0.187. The summed E-state index contributed by atoms with van der Waals surface area (Å²) in [7, 11) is 2.20. The van der Waals surface area contributed by atoms with E-state index in [1.165, 1.54) is 12.1 Å². The molecule has 4 N–H and O–H groups in total. The zero-order valence-electron chi connectivity index (χ0n) is 16.6. The van der Waals surface area contributed by atoms with Crippen molar-refractivity contribution in [2.45, 2.75) is 11.8 Å². The zero-order chi connectivity index (χ0) is 22.9. The number of nitrogens with two attached hydrogens (primary N) is 2. The lowest BCUT2D eigenvalue weighted by atomic mass is 9.68. The quantitative estimate of drug-likeness (QED) is 0.586. The fourth-order valence-corrected chi connectivity index (χ4v) is 3.84. The van der Waals surface area contributed by atoms with Crippen LogP contribution in [0.2, 0.25) is 0 Å². The smallest absolute Gasteiger partial charge is 0.339 e. The molecule has 31 heavy (non-hydrogen) atoms. The standard InChI is InChI=1S/C20H18N4O7/c1-29-15(26)7-13-16(18(27)30-2)20(11(8-21)17(23)31-13)10-5-3-4-6-12(10)24(19(20)28)9-14(22)25/h3-6H,7,9,23H2,1-2H3,(H2,22,25)/t20-/m0/s1. The highest BCUT2D eigenvalue weighted by molar-refractivity contribution is 6.20. The van der Waals surface area contributed by atoms with Crippen LogP contribution in [0.1, 0.15) is 12.0 Å². The SMILES string of the molecule is COC(=O)CC1=C(C(=O)OC)[C@@]2(C(=O)N(CC(N)=O)c3ccccc32)C(C#N)=C(N)O1. The molecular weight excluding hydrogens is 408 g/mol. The Bertz CT molecular complexity index is 1110. The summed E-state index contributed by atoms with van der Waals surface area (Å²) in [4.78, 5) is 51.4. The Hall–Kier alpha value is -4.33. The molecular formula is C20H18N4O7. The summed E-state index contributed by atoms with van der Waals surface area (Å²) in [5.74, 6) is -4.24. The van der Waals surface area contributed by atoms with Crippen LogP contribution < -0.4 is 16.4 Å². The lowest BCUT2D eigenvalue weighted by Crippen LogP contribution is -2.50. The number of methoxy groups -OCH3 is 2. The number of primary amides is 1. The number of hydrogen-bond acceptors (Lipinski definition) is 9. The maximum Gasteiger partial charge on any atom is 0.339 e. The first-order chi connectivity index (χ1) is 14.7. The molecule has 0 unspecified atom stereocenters. The van der Waals surface area contributed by atoms with Crippen molar-refractivity contribution in [3.63, 3.8) is 0 Å². The number of esters is 2. The number of nitriles is 1. The third-order valence-electron chi connectivity index (χ3n) is 5.02. The summed E-state index contributed by atoms with van der Waals surface area (Å²) in [5.41, 5.74) is 8.81. The normalized spacial score (nSPS) is 19.6. The van der Waals surface area contributed by atoms with E-state index < -0.39 is 53.6 Å². The van der Waals surface area contributed by atoms with E-state index in [4.69, 9.17) is 20.9 Å². The van der Waals surface area contributed by atoms with Crippen molar-refractivity contribution in [3.05, 3.63) is 52.6 Å². The molecule has 0 fully saturated rings. The second-order valence-electron chi connectivity index (χ2n) is 6.62. The van der Waals surface area contributed by atoms with Gasteiger partial charge in [-0.2, -0.15) is 5.26 Å². The van der Waals surface area contributed by atoms with Gasteiger partial charge in [-0.1, -0.05) is 18.2 Å². The zero-order valence-corrected chi connectivity index (χ0v) is 16.6. The first kappa shape index (κ1) is 21.4. The Kier molecular flexibility index (Phi) is 5.40. The summed E-state index contributed by atoms with van der Waals surface area (Å²) < 4.78 is 14.9. The van der Waals surface area contributed by atoms with E-state index in [1.807, 2.05) is 6.07 Å².